The van der Waals surface area contributed by atoms with Crippen LogP contribution in [-0.4, -0.2) is 57.0 Å². The number of rotatable bonds is 8. The monoisotopic (exact) mass is 479 g/mol. The quantitative estimate of drug-likeness (QED) is 0.446. The van der Waals surface area contributed by atoms with Gasteiger partial charge in [-0.1, -0.05) is 0 Å². The zero-order valence-corrected chi connectivity index (χ0v) is 17.6. The van der Waals surface area contributed by atoms with Crippen molar-refractivity contribution in [2.24, 2.45) is 5.73 Å². The predicted molar refractivity (Wildman–Crippen MR) is 112 cm³/mol. The van der Waals surface area contributed by atoms with Crippen molar-refractivity contribution < 1.29 is 31.9 Å². The van der Waals surface area contributed by atoms with Gasteiger partial charge >= 0.3 is 6.18 Å². The number of nitrogens with one attached hydrogen (secondary N) is 2. The molecule has 1 atom stereocenters. The summed E-state index contributed by atoms with van der Waals surface area (Å²) in [6, 6.07) is 2.77. The molecule has 0 radical (unpaired) electrons. The molecule has 4 heterocycles. The number of hydrogen-bond acceptors (Lipinski definition) is 8. The van der Waals surface area contributed by atoms with E-state index in [-0.39, 0.29) is 34.9 Å². The number of carbonyl (C=O) groups excluding carboxylic acids is 2. The highest BCUT2D eigenvalue weighted by atomic mass is 19.4. The fourth-order valence-corrected chi connectivity index (χ4v) is 3.33. The molecular formula is C20H20F3N7O4. The number of ether oxygens (including phenoxy) is 1. The van der Waals surface area contributed by atoms with Crippen LogP contribution in [0.5, 0.6) is 0 Å². The van der Waals surface area contributed by atoms with Crippen LogP contribution < -0.4 is 16.4 Å². The average Bonchev–Trinajstić information content (AvgIpc) is 3.53. The number of oxazole rings is 1. The van der Waals surface area contributed by atoms with Crippen LogP contribution in [0.2, 0.25) is 0 Å². The van der Waals surface area contributed by atoms with Crippen molar-refractivity contribution in [2.75, 3.05) is 23.8 Å². The Morgan fingerprint density at radius 3 is 2.85 bits per heavy atom. The van der Waals surface area contributed by atoms with E-state index in [9.17, 15) is 22.8 Å². The fraction of sp³-hybridized carbons (Fsp3) is 0.350. The van der Waals surface area contributed by atoms with E-state index in [4.69, 9.17) is 14.9 Å². The summed E-state index contributed by atoms with van der Waals surface area (Å²) in [5.41, 5.74) is 5.54. The van der Waals surface area contributed by atoms with Gasteiger partial charge in [-0.2, -0.15) is 18.3 Å². The number of carbonyl (C=O) groups is 2. The normalized spacial score (nSPS) is 15.9. The van der Waals surface area contributed by atoms with Gasteiger partial charge in [0.05, 0.1) is 18.3 Å². The molecule has 3 aromatic heterocycles. The molecule has 3 aromatic rings. The van der Waals surface area contributed by atoms with Gasteiger partial charge in [0.25, 0.3) is 11.8 Å². The fourth-order valence-electron chi connectivity index (χ4n) is 3.33. The Labute approximate surface area is 190 Å². The van der Waals surface area contributed by atoms with Gasteiger partial charge in [0.2, 0.25) is 5.89 Å². The number of hydrogen-bond donors (Lipinski definition) is 3. The molecule has 180 valence electrons. The molecule has 4 N–H and O–H groups in total. The predicted octanol–water partition coefficient (Wildman–Crippen LogP) is 2.44. The van der Waals surface area contributed by atoms with E-state index < -0.39 is 24.5 Å². The molecule has 2 amide bonds. The largest absolute Gasteiger partial charge is 0.444 e. The number of nitrogens with zero attached hydrogens (tertiary/aromatic N) is 4. The van der Waals surface area contributed by atoms with E-state index in [1.54, 1.807) is 0 Å². The maximum absolute atomic E-state index is 12.7. The van der Waals surface area contributed by atoms with E-state index in [1.807, 2.05) is 0 Å². The van der Waals surface area contributed by atoms with Crippen molar-refractivity contribution in [3.05, 3.63) is 42.2 Å². The van der Waals surface area contributed by atoms with Crippen molar-refractivity contribution in [1.82, 2.24) is 19.7 Å². The van der Waals surface area contributed by atoms with Crippen molar-refractivity contribution in [3.63, 3.8) is 0 Å². The molecule has 0 saturated carbocycles. The van der Waals surface area contributed by atoms with Crippen LogP contribution in [0.25, 0.3) is 11.5 Å². The van der Waals surface area contributed by atoms with Crippen LogP contribution in [0.4, 0.5) is 24.7 Å². The van der Waals surface area contributed by atoms with Crippen molar-refractivity contribution in [3.8, 4) is 11.5 Å². The number of halogens is 3. The number of aromatic nitrogens is 4. The zero-order valence-electron chi connectivity index (χ0n) is 17.6. The number of alkyl halides is 3. The Balaban J connectivity index is 1.47. The first-order valence-electron chi connectivity index (χ1n) is 10.2. The first-order chi connectivity index (χ1) is 16.2. The summed E-state index contributed by atoms with van der Waals surface area (Å²) in [7, 11) is 0. The Morgan fingerprint density at radius 2 is 2.15 bits per heavy atom. The SMILES string of the molecule is NC(=O)c1nn(C[C@H]2CCCO2)cc1NC(=O)c1coc(-c2ccnc(NCC(F)(F)F)c2)n1. The van der Waals surface area contributed by atoms with Crippen molar-refractivity contribution in [2.45, 2.75) is 31.7 Å². The molecule has 34 heavy (non-hydrogen) atoms. The summed E-state index contributed by atoms with van der Waals surface area (Å²) < 4.78 is 49.6. The summed E-state index contributed by atoms with van der Waals surface area (Å²) in [5, 5.41) is 8.81. The van der Waals surface area contributed by atoms with Crippen molar-refractivity contribution >= 4 is 23.3 Å². The number of amides is 2. The van der Waals surface area contributed by atoms with E-state index in [1.165, 1.54) is 29.2 Å². The third kappa shape index (κ3) is 5.70. The average molecular weight is 479 g/mol. The highest BCUT2D eigenvalue weighted by molar-refractivity contribution is 6.07. The first-order valence-corrected chi connectivity index (χ1v) is 10.2. The van der Waals surface area contributed by atoms with E-state index in [2.05, 4.69) is 25.7 Å². The first kappa shape index (κ1) is 23.2. The Kier molecular flexibility index (Phi) is 6.49. The second-order valence-electron chi connectivity index (χ2n) is 7.50. The molecule has 0 bridgehead atoms. The third-order valence-electron chi connectivity index (χ3n) is 4.87. The maximum atomic E-state index is 12.7. The van der Waals surface area contributed by atoms with Gasteiger partial charge < -0.3 is 25.5 Å². The minimum Gasteiger partial charge on any atom is -0.444 e. The minimum atomic E-state index is -4.41. The van der Waals surface area contributed by atoms with Gasteiger partial charge in [-0.05, 0) is 25.0 Å². The van der Waals surface area contributed by atoms with Crippen LogP contribution in [0.15, 0.2) is 35.2 Å². The number of nitrogens with two attached hydrogens (primary N) is 1. The molecule has 0 spiro atoms. The molecule has 0 aliphatic carbocycles. The van der Waals surface area contributed by atoms with Gasteiger partial charge in [0.1, 0.15) is 18.6 Å². The zero-order chi connectivity index (χ0) is 24.3. The molecule has 1 fully saturated rings. The lowest BCUT2D eigenvalue weighted by molar-refractivity contribution is -0.115. The molecule has 1 aliphatic heterocycles. The molecule has 1 saturated heterocycles. The smallest absolute Gasteiger partial charge is 0.405 e. The van der Waals surface area contributed by atoms with Crippen LogP contribution >= 0.6 is 0 Å². The molecule has 4 rings (SSSR count). The lowest BCUT2D eigenvalue weighted by Gasteiger charge is -2.08. The summed E-state index contributed by atoms with van der Waals surface area (Å²) in [6.45, 7) is -0.202. The molecule has 0 unspecified atom stereocenters. The summed E-state index contributed by atoms with van der Waals surface area (Å²) in [5.74, 6) is -1.56. The van der Waals surface area contributed by atoms with Crippen LogP contribution in [0.3, 0.4) is 0 Å². The highest BCUT2D eigenvalue weighted by Crippen LogP contribution is 2.23. The Bertz CT molecular complexity index is 1190. The molecule has 0 aromatic carbocycles. The second-order valence-corrected chi connectivity index (χ2v) is 7.50. The van der Waals surface area contributed by atoms with E-state index in [0.29, 0.717) is 18.7 Å². The van der Waals surface area contributed by atoms with Gasteiger partial charge in [0, 0.05) is 24.6 Å². The standard InChI is InChI=1S/C20H20F3N7O4/c21-20(22,23)10-26-15-6-11(3-4-25-15)19-28-14(9-34-19)18(32)27-13-8-30(29-16(13)17(24)31)7-12-2-1-5-33-12/h3-4,6,8-9,12H,1-2,5,7,10H2,(H2,24,31)(H,25,26)(H,27,32)/t12-/m1/s1. The molecule has 14 heteroatoms. The second kappa shape index (κ2) is 9.51. The summed E-state index contributed by atoms with van der Waals surface area (Å²) >= 11 is 0. The third-order valence-corrected chi connectivity index (χ3v) is 4.87. The number of pyridine rings is 1. The Morgan fingerprint density at radius 1 is 1.32 bits per heavy atom. The van der Waals surface area contributed by atoms with Crippen LogP contribution in [-0.2, 0) is 11.3 Å². The Hall–Kier alpha value is -3.94. The minimum absolute atomic E-state index is 0.00758. The van der Waals surface area contributed by atoms with Crippen molar-refractivity contribution in [1.29, 1.82) is 0 Å². The van der Waals surface area contributed by atoms with Gasteiger partial charge in [-0.15, -0.1) is 0 Å². The number of anilines is 2. The highest BCUT2D eigenvalue weighted by Gasteiger charge is 2.27. The van der Waals surface area contributed by atoms with Crippen LogP contribution in [0.1, 0.15) is 33.8 Å². The topological polar surface area (TPSA) is 150 Å². The molecule has 11 nitrogen and oxygen atoms in total. The summed E-state index contributed by atoms with van der Waals surface area (Å²) in [6.07, 6.45) is 1.17. The summed E-state index contributed by atoms with van der Waals surface area (Å²) in [4.78, 5) is 32.3. The number of primary amides is 1. The van der Waals surface area contributed by atoms with E-state index in [0.717, 1.165) is 19.1 Å². The lowest BCUT2D eigenvalue weighted by Crippen LogP contribution is -2.21. The van der Waals surface area contributed by atoms with E-state index >= 15 is 0 Å². The maximum Gasteiger partial charge on any atom is 0.405 e. The van der Waals surface area contributed by atoms with Crippen LogP contribution in [0, 0.1) is 0 Å². The molecular weight excluding hydrogens is 459 g/mol. The van der Waals surface area contributed by atoms with Gasteiger partial charge in [-0.3, -0.25) is 14.3 Å². The lowest BCUT2D eigenvalue weighted by atomic mass is 10.2. The molecule has 1 aliphatic rings. The van der Waals surface area contributed by atoms with Gasteiger partial charge in [-0.25, -0.2) is 9.97 Å². The van der Waals surface area contributed by atoms with Gasteiger partial charge in [0.15, 0.2) is 11.4 Å².